The monoisotopic (exact) mass is 298 g/mol. The van der Waals surface area contributed by atoms with Crippen molar-refractivity contribution in [2.45, 2.75) is 19.0 Å². The van der Waals surface area contributed by atoms with E-state index in [1.807, 2.05) is 0 Å². The van der Waals surface area contributed by atoms with Gasteiger partial charge in [-0.3, -0.25) is 0 Å². The summed E-state index contributed by atoms with van der Waals surface area (Å²) < 4.78 is 38.1. The van der Waals surface area contributed by atoms with Gasteiger partial charge in [-0.05, 0) is 30.5 Å². The van der Waals surface area contributed by atoms with Gasteiger partial charge in [0.25, 0.3) is 0 Å². The average molecular weight is 298 g/mol. The highest BCUT2D eigenvalue weighted by molar-refractivity contribution is 5.91. The number of halogens is 3. The first-order valence-electron chi connectivity index (χ1n) is 6.41. The lowest BCUT2D eigenvalue weighted by Crippen LogP contribution is -2.39. The minimum Gasteiger partial charge on any atom is -0.478 e. The van der Waals surface area contributed by atoms with Crippen molar-refractivity contribution in [1.82, 2.24) is 0 Å². The Balaban J connectivity index is 2.33. The Morgan fingerprint density at radius 2 is 2.19 bits per heavy atom. The molecule has 1 aromatic rings. The Morgan fingerprint density at radius 1 is 1.48 bits per heavy atom. The van der Waals surface area contributed by atoms with Crippen molar-refractivity contribution in [1.29, 1.82) is 5.26 Å². The smallest absolute Gasteiger partial charge is 0.406 e. The number of rotatable bonds is 3. The zero-order valence-corrected chi connectivity index (χ0v) is 11.0. The van der Waals surface area contributed by atoms with Crippen LogP contribution in [-0.4, -0.2) is 30.3 Å². The number of fused-ring (bicyclic) bond motifs is 1. The summed E-state index contributed by atoms with van der Waals surface area (Å²) >= 11 is 0. The van der Waals surface area contributed by atoms with Gasteiger partial charge in [-0.1, -0.05) is 6.07 Å². The van der Waals surface area contributed by atoms with E-state index in [9.17, 15) is 18.0 Å². The summed E-state index contributed by atoms with van der Waals surface area (Å²) in [6.07, 6.45) is -3.51. The first-order chi connectivity index (χ1) is 9.84. The lowest BCUT2D eigenvalue weighted by molar-refractivity contribution is -0.156. The van der Waals surface area contributed by atoms with E-state index in [0.717, 1.165) is 0 Å². The topological polar surface area (TPSA) is 64.3 Å². The summed E-state index contributed by atoms with van der Waals surface area (Å²) in [5.41, 5.74) is 1.12. The first-order valence-corrected chi connectivity index (χ1v) is 6.41. The Kier molecular flexibility index (Phi) is 4.07. The minimum absolute atomic E-state index is 0.109. The molecule has 1 N–H and O–H groups in total. The minimum atomic E-state index is -4.59. The maximum absolute atomic E-state index is 12.7. The van der Waals surface area contributed by atoms with Gasteiger partial charge in [0, 0.05) is 18.8 Å². The van der Waals surface area contributed by atoms with Crippen LogP contribution >= 0.6 is 0 Å². The molecular formula is C14H13F3N2O2. The fraction of sp³-hybridized carbons (Fsp3) is 0.429. The van der Waals surface area contributed by atoms with Crippen molar-refractivity contribution >= 4 is 11.7 Å². The molecule has 0 saturated heterocycles. The van der Waals surface area contributed by atoms with Gasteiger partial charge >= 0.3 is 12.1 Å². The summed E-state index contributed by atoms with van der Waals surface area (Å²) in [4.78, 5) is 12.6. The molecule has 0 bridgehead atoms. The van der Waals surface area contributed by atoms with E-state index in [1.54, 1.807) is 6.07 Å². The highest BCUT2D eigenvalue weighted by Crippen LogP contribution is 2.33. The molecule has 0 aliphatic carbocycles. The third-order valence-electron chi connectivity index (χ3n) is 3.53. The van der Waals surface area contributed by atoms with E-state index in [4.69, 9.17) is 10.4 Å². The van der Waals surface area contributed by atoms with Crippen LogP contribution in [0.1, 0.15) is 22.3 Å². The van der Waals surface area contributed by atoms with E-state index in [0.29, 0.717) is 30.6 Å². The van der Waals surface area contributed by atoms with Crippen molar-refractivity contribution in [2.75, 3.05) is 18.0 Å². The second-order valence-electron chi connectivity index (χ2n) is 4.88. The molecule has 7 heteroatoms. The van der Waals surface area contributed by atoms with Crippen molar-refractivity contribution in [3.63, 3.8) is 0 Å². The SMILES string of the molecule is N#CC(CN1CCCc2c(C(=O)O)cccc21)C(F)(F)F. The predicted octanol–water partition coefficient (Wildman–Crippen LogP) is 2.84. The highest BCUT2D eigenvalue weighted by Gasteiger charge is 2.41. The number of nitrogens with zero attached hydrogens (tertiary/aromatic N) is 2. The van der Waals surface area contributed by atoms with Gasteiger partial charge in [-0.15, -0.1) is 0 Å². The van der Waals surface area contributed by atoms with Crippen molar-refractivity contribution in [3.05, 3.63) is 29.3 Å². The Morgan fingerprint density at radius 3 is 2.76 bits per heavy atom. The van der Waals surface area contributed by atoms with E-state index in [-0.39, 0.29) is 5.56 Å². The van der Waals surface area contributed by atoms with Gasteiger partial charge in [0.05, 0.1) is 11.6 Å². The third-order valence-corrected chi connectivity index (χ3v) is 3.53. The lowest BCUT2D eigenvalue weighted by atomic mass is 9.95. The molecular weight excluding hydrogens is 285 g/mol. The molecule has 1 aliphatic rings. The summed E-state index contributed by atoms with van der Waals surface area (Å²) in [5.74, 6) is -3.18. The molecule has 1 aliphatic heterocycles. The summed E-state index contributed by atoms with van der Waals surface area (Å²) in [6.45, 7) is -0.0968. The zero-order chi connectivity index (χ0) is 15.6. The molecule has 1 atom stereocenters. The number of carbonyl (C=O) groups is 1. The molecule has 4 nitrogen and oxygen atoms in total. The first kappa shape index (κ1) is 15.2. The number of hydrogen-bond acceptors (Lipinski definition) is 3. The zero-order valence-electron chi connectivity index (χ0n) is 11.0. The van der Waals surface area contributed by atoms with Crippen LogP contribution in [0.5, 0.6) is 0 Å². The Labute approximate surface area is 119 Å². The molecule has 21 heavy (non-hydrogen) atoms. The number of nitriles is 1. The van der Waals surface area contributed by atoms with Gasteiger partial charge in [0.2, 0.25) is 0 Å². The summed E-state index contributed by atoms with van der Waals surface area (Å²) in [7, 11) is 0. The molecule has 112 valence electrons. The van der Waals surface area contributed by atoms with Crippen molar-refractivity contribution < 1.29 is 23.1 Å². The predicted molar refractivity (Wildman–Crippen MR) is 69.1 cm³/mol. The molecule has 0 spiro atoms. The quantitative estimate of drug-likeness (QED) is 0.932. The number of benzene rings is 1. The van der Waals surface area contributed by atoms with E-state index in [2.05, 4.69) is 0 Å². The molecule has 0 aromatic heterocycles. The van der Waals surface area contributed by atoms with Crippen LogP contribution in [0.25, 0.3) is 0 Å². The number of aromatic carboxylic acids is 1. The van der Waals surface area contributed by atoms with Gasteiger partial charge < -0.3 is 10.0 Å². The normalized spacial score (nSPS) is 16.0. The molecule has 2 rings (SSSR count). The standard InChI is InChI=1S/C14H13F3N2O2/c15-14(16,17)9(7-18)8-19-6-2-4-10-11(13(20)21)3-1-5-12(10)19/h1,3,5,9H,2,4,6,8H2,(H,20,21). The van der Waals surface area contributed by atoms with Crippen LogP contribution in [0.3, 0.4) is 0 Å². The fourth-order valence-corrected chi connectivity index (χ4v) is 2.53. The average Bonchev–Trinajstić information content (AvgIpc) is 2.42. The largest absolute Gasteiger partial charge is 0.478 e. The van der Waals surface area contributed by atoms with Crippen LogP contribution in [0.2, 0.25) is 0 Å². The molecule has 0 radical (unpaired) electrons. The number of carboxylic acid groups (broad SMARTS) is 1. The molecule has 0 saturated carbocycles. The van der Waals surface area contributed by atoms with Gasteiger partial charge in [0.1, 0.15) is 0 Å². The molecule has 1 unspecified atom stereocenters. The number of hydrogen-bond donors (Lipinski definition) is 1. The molecule has 1 heterocycles. The molecule has 1 aromatic carbocycles. The Bertz CT molecular complexity index is 593. The second kappa shape index (κ2) is 5.64. The third kappa shape index (κ3) is 3.10. The fourth-order valence-electron chi connectivity index (χ4n) is 2.53. The highest BCUT2D eigenvalue weighted by atomic mass is 19.4. The van der Waals surface area contributed by atoms with Gasteiger partial charge in [0.15, 0.2) is 5.92 Å². The maximum atomic E-state index is 12.7. The summed E-state index contributed by atoms with van der Waals surface area (Å²) in [6, 6.07) is 5.83. The van der Waals surface area contributed by atoms with E-state index < -0.39 is 24.6 Å². The molecule has 0 amide bonds. The van der Waals surface area contributed by atoms with Crippen LogP contribution in [0, 0.1) is 17.2 Å². The van der Waals surface area contributed by atoms with Crippen LogP contribution in [-0.2, 0) is 6.42 Å². The van der Waals surface area contributed by atoms with E-state index >= 15 is 0 Å². The van der Waals surface area contributed by atoms with Crippen LogP contribution in [0.4, 0.5) is 18.9 Å². The van der Waals surface area contributed by atoms with Crippen LogP contribution < -0.4 is 4.90 Å². The molecule has 0 fully saturated rings. The van der Waals surface area contributed by atoms with Gasteiger partial charge in [-0.25, -0.2) is 4.79 Å². The van der Waals surface area contributed by atoms with Crippen molar-refractivity contribution in [3.8, 4) is 6.07 Å². The number of anilines is 1. The summed E-state index contributed by atoms with van der Waals surface area (Å²) in [5, 5.41) is 17.8. The van der Waals surface area contributed by atoms with Crippen LogP contribution in [0.15, 0.2) is 18.2 Å². The Hall–Kier alpha value is -2.23. The van der Waals surface area contributed by atoms with E-state index in [1.165, 1.54) is 23.1 Å². The van der Waals surface area contributed by atoms with Crippen molar-refractivity contribution in [2.24, 2.45) is 5.92 Å². The number of alkyl halides is 3. The number of carboxylic acids is 1. The second-order valence-corrected chi connectivity index (χ2v) is 4.88. The lowest BCUT2D eigenvalue weighted by Gasteiger charge is -2.33. The van der Waals surface area contributed by atoms with Gasteiger partial charge in [-0.2, -0.15) is 18.4 Å². The maximum Gasteiger partial charge on any atom is 0.406 e.